The smallest absolute Gasteiger partial charge is 0.254 e. The van der Waals surface area contributed by atoms with Crippen LogP contribution in [0.4, 0.5) is 5.82 Å². The first-order chi connectivity index (χ1) is 13.1. The molecule has 1 fully saturated rings. The Morgan fingerprint density at radius 2 is 1.89 bits per heavy atom. The van der Waals surface area contributed by atoms with Gasteiger partial charge >= 0.3 is 0 Å². The third-order valence-electron chi connectivity index (χ3n) is 4.84. The highest BCUT2D eigenvalue weighted by molar-refractivity contribution is 6.32. The molecule has 0 radical (unpaired) electrons. The minimum absolute atomic E-state index is 0.106. The van der Waals surface area contributed by atoms with Gasteiger partial charge in [-0.2, -0.15) is 0 Å². The Hall–Kier alpha value is -2.37. The van der Waals surface area contributed by atoms with Crippen molar-refractivity contribution in [3.05, 3.63) is 64.5 Å². The van der Waals surface area contributed by atoms with Crippen molar-refractivity contribution in [2.24, 2.45) is 0 Å². The minimum atomic E-state index is -0.176. The average molecular weight is 401 g/mol. The van der Waals surface area contributed by atoms with Gasteiger partial charge in [0.1, 0.15) is 11.0 Å². The minimum Gasteiger partial charge on any atom is -0.356 e. The molecule has 3 aromatic rings. The number of pyridine rings is 2. The van der Waals surface area contributed by atoms with Crippen LogP contribution in [0.25, 0.3) is 10.8 Å². The van der Waals surface area contributed by atoms with Gasteiger partial charge in [-0.05, 0) is 54.6 Å². The average Bonchev–Trinajstić information content (AvgIpc) is 2.68. The first-order valence-corrected chi connectivity index (χ1v) is 9.58. The molecular formula is C20H18Cl2N4O. The normalized spacial score (nSPS) is 15.1. The van der Waals surface area contributed by atoms with Crippen LogP contribution in [0.15, 0.2) is 48.8 Å². The van der Waals surface area contributed by atoms with Crippen molar-refractivity contribution in [1.82, 2.24) is 15.3 Å². The van der Waals surface area contributed by atoms with Gasteiger partial charge < -0.3 is 10.2 Å². The molecule has 27 heavy (non-hydrogen) atoms. The maximum atomic E-state index is 12.4. The van der Waals surface area contributed by atoms with E-state index in [1.807, 2.05) is 30.5 Å². The van der Waals surface area contributed by atoms with E-state index in [9.17, 15) is 4.79 Å². The molecule has 1 amide bonds. The van der Waals surface area contributed by atoms with Gasteiger partial charge in [0.2, 0.25) is 0 Å². The number of fused-ring (bicyclic) bond motifs is 1. The number of nitrogens with one attached hydrogen (secondary N) is 1. The summed E-state index contributed by atoms with van der Waals surface area (Å²) in [5.41, 5.74) is 0.411. The molecule has 4 rings (SSSR count). The predicted octanol–water partition coefficient (Wildman–Crippen LogP) is 4.34. The third kappa shape index (κ3) is 3.84. The van der Waals surface area contributed by atoms with E-state index in [-0.39, 0.29) is 17.1 Å². The molecule has 0 aliphatic carbocycles. The Bertz CT molecular complexity index is 987. The molecule has 1 N–H and O–H groups in total. The number of anilines is 1. The number of nitrogens with zero attached hydrogens (tertiary/aromatic N) is 3. The second-order valence-electron chi connectivity index (χ2n) is 6.58. The van der Waals surface area contributed by atoms with E-state index in [1.54, 1.807) is 18.3 Å². The standard InChI is InChI=1S/C20H18Cl2N4O/c21-14-3-4-16-13(12-14)5-9-24-19(16)26-10-6-15(7-11-26)25-20(27)17-2-1-8-23-18(17)22/h1-5,8-9,12,15H,6-7,10-11H2,(H,25,27). The summed E-state index contributed by atoms with van der Waals surface area (Å²) in [6, 6.07) is 11.3. The van der Waals surface area contributed by atoms with Crippen LogP contribution in [0.5, 0.6) is 0 Å². The first-order valence-electron chi connectivity index (χ1n) is 8.82. The molecule has 0 atom stereocenters. The van der Waals surface area contributed by atoms with Crippen LogP contribution >= 0.6 is 23.2 Å². The number of carbonyl (C=O) groups excluding carboxylic acids is 1. The SMILES string of the molecule is O=C(NC1CCN(c2nccc3cc(Cl)ccc23)CC1)c1cccnc1Cl. The van der Waals surface area contributed by atoms with E-state index < -0.39 is 0 Å². The summed E-state index contributed by atoms with van der Waals surface area (Å²) in [4.78, 5) is 23.2. The van der Waals surface area contributed by atoms with E-state index in [4.69, 9.17) is 23.2 Å². The molecule has 1 aliphatic heterocycles. The van der Waals surface area contributed by atoms with E-state index >= 15 is 0 Å². The monoisotopic (exact) mass is 400 g/mol. The fraction of sp³-hybridized carbons (Fsp3) is 0.250. The molecule has 138 valence electrons. The number of hydrogen-bond donors (Lipinski definition) is 1. The van der Waals surface area contributed by atoms with Gasteiger partial charge in [-0.15, -0.1) is 0 Å². The molecule has 7 heteroatoms. The summed E-state index contributed by atoms with van der Waals surface area (Å²) >= 11 is 12.1. The Labute approximate surface area is 167 Å². The number of piperidine rings is 1. The molecule has 0 bridgehead atoms. The molecule has 2 aromatic heterocycles. The zero-order valence-corrected chi connectivity index (χ0v) is 16.0. The van der Waals surface area contributed by atoms with Crippen LogP contribution < -0.4 is 10.2 Å². The quantitative estimate of drug-likeness (QED) is 0.664. The van der Waals surface area contributed by atoms with E-state index in [0.717, 1.165) is 47.5 Å². The van der Waals surface area contributed by atoms with Crippen LogP contribution in [0, 0.1) is 0 Å². The van der Waals surface area contributed by atoms with Crippen LogP contribution in [0.3, 0.4) is 0 Å². The first kappa shape index (κ1) is 18.0. The molecule has 0 spiro atoms. The van der Waals surface area contributed by atoms with Gasteiger partial charge in [-0.25, -0.2) is 9.97 Å². The molecular weight excluding hydrogens is 383 g/mol. The van der Waals surface area contributed by atoms with Crippen LogP contribution in [-0.4, -0.2) is 35.0 Å². The number of aromatic nitrogens is 2. The number of hydrogen-bond acceptors (Lipinski definition) is 4. The summed E-state index contributed by atoms with van der Waals surface area (Å²) in [5, 5.41) is 6.18. The topological polar surface area (TPSA) is 58.1 Å². The largest absolute Gasteiger partial charge is 0.356 e. The van der Waals surface area contributed by atoms with Crippen LogP contribution in [0.2, 0.25) is 10.2 Å². The van der Waals surface area contributed by atoms with Gasteiger partial charge in [0, 0.05) is 41.9 Å². The Balaban J connectivity index is 1.44. The van der Waals surface area contributed by atoms with Crippen molar-refractivity contribution < 1.29 is 4.79 Å². The van der Waals surface area contributed by atoms with E-state index in [0.29, 0.717) is 5.56 Å². The number of rotatable bonds is 3. The number of benzene rings is 1. The van der Waals surface area contributed by atoms with Crippen molar-refractivity contribution in [1.29, 1.82) is 0 Å². The zero-order valence-electron chi connectivity index (χ0n) is 14.5. The summed E-state index contributed by atoms with van der Waals surface area (Å²) in [7, 11) is 0. The maximum Gasteiger partial charge on any atom is 0.254 e. The Kier molecular flexibility index (Phi) is 5.14. The lowest BCUT2D eigenvalue weighted by Gasteiger charge is -2.33. The number of amides is 1. The third-order valence-corrected chi connectivity index (χ3v) is 5.38. The van der Waals surface area contributed by atoms with Crippen molar-refractivity contribution in [3.8, 4) is 0 Å². The van der Waals surface area contributed by atoms with E-state index in [1.165, 1.54) is 0 Å². The van der Waals surface area contributed by atoms with Crippen LogP contribution in [-0.2, 0) is 0 Å². The molecule has 1 saturated heterocycles. The lowest BCUT2D eigenvalue weighted by Crippen LogP contribution is -2.45. The second kappa shape index (κ2) is 7.71. The summed E-state index contributed by atoms with van der Waals surface area (Å²) < 4.78 is 0. The van der Waals surface area contributed by atoms with Crippen LogP contribution in [0.1, 0.15) is 23.2 Å². The maximum absolute atomic E-state index is 12.4. The van der Waals surface area contributed by atoms with Gasteiger partial charge in [0.05, 0.1) is 5.56 Å². The Morgan fingerprint density at radius 3 is 2.67 bits per heavy atom. The summed E-state index contributed by atoms with van der Waals surface area (Å²) in [6.45, 7) is 1.64. The molecule has 1 aromatic carbocycles. The fourth-order valence-electron chi connectivity index (χ4n) is 3.44. The Morgan fingerprint density at radius 1 is 1.07 bits per heavy atom. The van der Waals surface area contributed by atoms with Gasteiger partial charge in [0.25, 0.3) is 5.91 Å². The van der Waals surface area contributed by atoms with Crippen molar-refractivity contribution in [2.45, 2.75) is 18.9 Å². The molecule has 1 aliphatic rings. The molecule has 3 heterocycles. The van der Waals surface area contributed by atoms with E-state index in [2.05, 4.69) is 20.2 Å². The fourth-order valence-corrected chi connectivity index (χ4v) is 3.82. The molecule has 0 unspecified atom stereocenters. The summed E-state index contributed by atoms with van der Waals surface area (Å²) in [5.74, 6) is 0.786. The van der Waals surface area contributed by atoms with Crippen molar-refractivity contribution in [3.63, 3.8) is 0 Å². The van der Waals surface area contributed by atoms with Crippen molar-refractivity contribution in [2.75, 3.05) is 18.0 Å². The van der Waals surface area contributed by atoms with Gasteiger partial charge in [-0.3, -0.25) is 4.79 Å². The lowest BCUT2D eigenvalue weighted by molar-refractivity contribution is 0.0931. The second-order valence-corrected chi connectivity index (χ2v) is 7.37. The lowest BCUT2D eigenvalue weighted by atomic mass is 10.0. The highest BCUT2D eigenvalue weighted by Crippen LogP contribution is 2.28. The van der Waals surface area contributed by atoms with Gasteiger partial charge in [-0.1, -0.05) is 23.2 Å². The van der Waals surface area contributed by atoms with Crippen molar-refractivity contribution >= 4 is 45.7 Å². The van der Waals surface area contributed by atoms with Gasteiger partial charge in [0.15, 0.2) is 0 Å². The predicted molar refractivity (Wildman–Crippen MR) is 109 cm³/mol. The molecule has 0 saturated carbocycles. The number of halogens is 2. The highest BCUT2D eigenvalue weighted by atomic mass is 35.5. The molecule has 5 nitrogen and oxygen atoms in total. The number of carbonyl (C=O) groups is 1. The zero-order chi connectivity index (χ0) is 18.8. The highest BCUT2D eigenvalue weighted by Gasteiger charge is 2.23. The summed E-state index contributed by atoms with van der Waals surface area (Å²) in [6.07, 6.45) is 5.07.